The minimum atomic E-state index is -0.757. The molecule has 0 bridgehead atoms. The van der Waals surface area contributed by atoms with Crippen LogP contribution in [-0.4, -0.2) is 41.5 Å². The summed E-state index contributed by atoms with van der Waals surface area (Å²) in [5, 5.41) is 11.3. The van der Waals surface area contributed by atoms with Crippen LogP contribution in [0.3, 0.4) is 0 Å². The molecular formula is C30H29NO5. The Labute approximate surface area is 211 Å². The van der Waals surface area contributed by atoms with Gasteiger partial charge in [-0.05, 0) is 60.9 Å². The third-order valence-electron chi connectivity index (χ3n) is 6.00. The van der Waals surface area contributed by atoms with Crippen LogP contribution in [-0.2, 0) is 16.0 Å². The average Bonchev–Trinajstić information content (AvgIpc) is 3.16. The fraction of sp³-hybridized carbons (Fsp3) is 0.200. The molecule has 3 aromatic rings. The van der Waals surface area contributed by atoms with Gasteiger partial charge < -0.3 is 19.5 Å². The van der Waals surface area contributed by atoms with Crippen molar-refractivity contribution in [1.29, 1.82) is 0 Å². The highest BCUT2D eigenvalue weighted by Crippen LogP contribution is 2.40. The lowest BCUT2D eigenvalue weighted by Gasteiger charge is -2.25. The molecule has 1 fully saturated rings. The van der Waals surface area contributed by atoms with Gasteiger partial charge in [-0.15, -0.1) is 0 Å². The normalized spacial score (nSPS) is 16.7. The highest BCUT2D eigenvalue weighted by Gasteiger charge is 2.46. The Morgan fingerprint density at radius 2 is 1.72 bits per heavy atom. The van der Waals surface area contributed by atoms with Gasteiger partial charge in [0, 0.05) is 12.1 Å². The minimum Gasteiger partial charge on any atom is -0.507 e. The van der Waals surface area contributed by atoms with Crippen molar-refractivity contribution in [1.82, 2.24) is 4.90 Å². The molecule has 0 radical (unpaired) electrons. The van der Waals surface area contributed by atoms with Gasteiger partial charge in [-0.3, -0.25) is 9.59 Å². The molecule has 6 nitrogen and oxygen atoms in total. The fourth-order valence-corrected chi connectivity index (χ4v) is 4.31. The number of nitrogens with zero attached hydrogens (tertiary/aromatic N) is 1. The number of carbonyl (C=O) groups is 2. The van der Waals surface area contributed by atoms with Gasteiger partial charge >= 0.3 is 0 Å². The summed E-state index contributed by atoms with van der Waals surface area (Å²) in [5.41, 5.74) is 2.21. The van der Waals surface area contributed by atoms with E-state index < -0.39 is 17.7 Å². The standard InChI is InChI=1S/C30H29NO5/c1-3-19-36-25-12-8-11-23(20-25)27-26(28(32)22-13-15-24(16-14-22)35-4-2)29(33)30(34)31(27)18-17-21-9-6-5-7-10-21/h3,5-16,20,27,32H,1,4,17-19H2,2H3/b28-26+. The summed E-state index contributed by atoms with van der Waals surface area (Å²) in [5.74, 6) is -0.332. The number of Topliss-reactive ketones (excluding diaryl/α,β-unsaturated/α-hetero) is 1. The summed E-state index contributed by atoms with van der Waals surface area (Å²) in [6, 6.07) is 23.1. The SMILES string of the molecule is C=CCOc1cccc(C2/C(=C(\O)c3ccc(OCC)cc3)C(=O)C(=O)N2CCc2ccccc2)c1. The lowest BCUT2D eigenvalue weighted by molar-refractivity contribution is -0.139. The van der Waals surface area contributed by atoms with Crippen LogP contribution in [0.15, 0.2) is 97.1 Å². The molecule has 0 aliphatic carbocycles. The molecule has 184 valence electrons. The van der Waals surface area contributed by atoms with Crippen LogP contribution in [0.5, 0.6) is 11.5 Å². The Bertz CT molecular complexity index is 1260. The van der Waals surface area contributed by atoms with Gasteiger partial charge in [-0.25, -0.2) is 0 Å². The van der Waals surface area contributed by atoms with Crippen LogP contribution in [0.2, 0.25) is 0 Å². The molecule has 6 heteroatoms. The summed E-state index contributed by atoms with van der Waals surface area (Å²) in [4.78, 5) is 28.0. The van der Waals surface area contributed by atoms with Gasteiger partial charge in [-0.1, -0.05) is 55.1 Å². The first-order valence-electron chi connectivity index (χ1n) is 11.9. The van der Waals surface area contributed by atoms with E-state index in [9.17, 15) is 14.7 Å². The van der Waals surface area contributed by atoms with Crippen LogP contribution in [0, 0.1) is 0 Å². The number of benzene rings is 3. The summed E-state index contributed by atoms with van der Waals surface area (Å²) in [7, 11) is 0. The van der Waals surface area contributed by atoms with E-state index in [4.69, 9.17) is 9.47 Å². The molecule has 0 aromatic heterocycles. The number of hydrogen-bond donors (Lipinski definition) is 1. The molecule has 3 aromatic carbocycles. The van der Waals surface area contributed by atoms with Crippen molar-refractivity contribution in [2.24, 2.45) is 0 Å². The monoisotopic (exact) mass is 483 g/mol. The first-order valence-corrected chi connectivity index (χ1v) is 11.9. The Hall–Kier alpha value is -4.32. The van der Waals surface area contributed by atoms with Crippen LogP contribution >= 0.6 is 0 Å². The first kappa shape index (κ1) is 24.8. The maximum absolute atomic E-state index is 13.3. The van der Waals surface area contributed by atoms with Crippen molar-refractivity contribution in [2.75, 3.05) is 19.8 Å². The van der Waals surface area contributed by atoms with Crippen molar-refractivity contribution in [3.05, 3.63) is 114 Å². The average molecular weight is 484 g/mol. The zero-order chi connectivity index (χ0) is 25.5. The van der Waals surface area contributed by atoms with Crippen LogP contribution < -0.4 is 9.47 Å². The molecule has 0 spiro atoms. The molecule has 1 atom stereocenters. The van der Waals surface area contributed by atoms with E-state index in [1.54, 1.807) is 42.5 Å². The topological polar surface area (TPSA) is 76.1 Å². The molecule has 1 aliphatic heterocycles. The lowest BCUT2D eigenvalue weighted by atomic mass is 9.95. The van der Waals surface area contributed by atoms with Crippen molar-refractivity contribution in [3.63, 3.8) is 0 Å². The van der Waals surface area contributed by atoms with Crippen molar-refractivity contribution in [2.45, 2.75) is 19.4 Å². The minimum absolute atomic E-state index is 0.0538. The van der Waals surface area contributed by atoms with E-state index in [2.05, 4.69) is 6.58 Å². The number of carbonyl (C=O) groups excluding carboxylic acids is 2. The number of aliphatic hydroxyl groups excluding tert-OH is 1. The van der Waals surface area contributed by atoms with E-state index in [-0.39, 0.29) is 11.3 Å². The summed E-state index contributed by atoms with van der Waals surface area (Å²) >= 11 is 0. The quantitative estimate of drug-likeness (QED) is 0.183. The zero-order valence-electron chi connectivity index (χ0n) is 20.2. The second-order valence-electron chi connectivity index (χ2n) is 8.36. The Kier molecular flexibility index (Phi) is 7.85. The zero-order valence-corrected chi connectivity index (χ0v) is 20.2. The highest BCUT2D eigenvalue weighted by atomic mass is 16.5. The summed E-state index contributed by atoms with van der Waals surface area (Å²) < 4.78 is 11.2. The molecule has 1 aliphatic rings. The molecule has 1 saturated heterocycles. The number of rotatable bonds is 10. The second-order valence-corrected chi connectivity index (χ2v) is 8.36. The van der Waals surface area contributed by atoms with Gasteiger partial charge in [0.05, 0.1) is 18.2 Å². The van der Waals surface area contributed by atoms with E-state index in [1.165, 1.54) is 4.90 Å². The fourth-order valence-electron chi connectivity index (χ4n) is 4.31. The third-order valence-corrected chi connectivity index (χ3v) is 6.00. The van der Waals surface area contributed by atoms with Crippen LogP contribution in [0.1, 0.15) is 29.7 Å². The predicted octanol–water partition coefficient (Wildman–Crippen LogP) is 5.31. The van der Waals surface area contributed by atoms with Crippen LogP contribution in [0.25, 0.3) is 5.76 Å². The Balaban J connectivity index is 1.76. The molecule has 36 heavy (non-hydrogen) atoms. The predicted molar refractivity (Wildman–Crippen MR) is 139 cm³/mol. The maximum atomic E-state index is 13.3. The largest absolute Gasteiger partial charge is 0.507 e. The van der Waals surface area contributed by atoms with E-state index in [0.29, 0.717) is 48.8 Å². The van der Waals surface area contributed by atoms with E-state index >= 15 is 0 Å². The molecule has 0 saturated carbocycles. The smallest absolute Gasteiger partial charge is 0.295 e. The van der Waals surface area contributed by atoms with Gasteiger partial charge in [0.2, 0.25) is 0 Å². The number of amides is 1. The number of ether oxygens (including phenoxy) is 2. The van der Waals surface area contributed by atoms with Gasteiger partial charge in [0.1, 0.15) is 23.9 Å². The summed E-state index contributed by atoms with van der Waals surface area (Å²) in [6.07, 6.45) is 2.21. The maximum Gasteiger partial charge on any atom is 0.295 e. The molecule has 1 unspecified atom stereocenters. The summed E-state index contributed by atoms with van der Waals surface area (Å²) in [6.45, 7) is 6.72. The van der Waals surface area contributed by atoms with Crippen molar-refractivity contribution in [3.8, 4) is 11.5 Å². The molecule has 1 N–H and O–H groups in total. The van der Waals surface area contributed by atoms with Crippen LogP contribution in [0.4, 0.5) is 0 Å². The molecule has 1 amide bonds. The second kappa shape index (κ2) is 11.4. The molecule has 4 rings (SSSR count). The molecule has 1 heterocycles. The van der Waals surface area contributed by atoms with Crippen molar-refractivity contribution >= 4 is 17.4 Å². The highest BCUT2D eigenvalue weighted by molar-refractivity contribution is 6.46. The lowest BCUT2D eigenvalue weighted by Crippen LogP contribution is -2.31. The van der Waals surface area contributed by atoms with E-state index in [1.807, 2.05) is 49.4 Å². The molecular weight excluding hydrogens is 454 g/mol. The number of likely N-dealkylation sites (tertiary alicyclic amines) is 1. The van der Waals surface area contributed by atoms with Gasteiger partial charge in [0.15, 0.2) is 0 Å². The third kappa shape index (κ3) is 5.33. The number of aliphatic hydroxyl groups is 1. The first-order chi connectivity index (χ1) is 17.5. The van der Waals surface area contributed by atoms with E-state index in [0.717, 1.165) is 5.56 Å². The number of hydrogen-bond acceptors (Lipinski definition) is 5. The number of ketones is 1. The van der Waals surface area contributed by atoms with Crippen molar-refractivity contribution < 1.29 is 24.2 Å². The van der Waals surface area contributed by atoms with Gasteiger partial charge in [-0.2, -0.15) is 0 Å². The Morgan fingerprint density at radius 1 is 0.972 bits per heavy atom. The van der Waals surface area contributed by atoms with Gasteiger partial charge in [0.25, 0.3) is 11.7 Å². The Morgan fingerprint density at radius 3 is 2.42 bits per heavy atom.